The number of piperidine rings is 1. The van der Waals surface area contributed by atoms with Crippen molar-refractivity contribution in [1.82, 2.24) is 15.5 Å². The van der Waals surface area contributed by atoms with Crippen molar-refractivity contribution < 1.29 is 19.1 Å². The first-order valence-corrected chi connectivity index (χ1v) is 12.7. The zero-order valence-corrected chi connectivity index (χ0v) is 20.6. The SMILES string of the molecule is CN1CCC2(CC1)OC(=O)c1ccc(-c3ccc(C[C@@H](C#N)NC(=O)[C@@H]4CNCCCO4)cc3)cc12. The highest BCUT2D eigenvalue weighted by molar-refractivity contribution is 5.95. The van der Waals surface area contributed by atoms with Crippen molar-refractivity contribution in [3.05, 3.63) is 59.2 Å². The number of fused-ring (bicyclic) bond motifs is 2. The summed E-state index contributed by atoms with van der Waals surface area (Å²) in [5.41, 5.74) is 4.14. The van der Waals surface area contributed by atoms with Crippen LogP contribution in [0.25, 0.3) is 11.1 Å². The molecule has 2 fully saturated rings. The number of likely N-dealkylation sites (tertiary alicyclic amines) is 1. The van der Waals surface area contributed by atoms with Crippen LogP contribution in [0, 0.1) is 11.3 Å². The normalized spacial score (nSPS) is 22.2. The molecule has 3 aliphatic heterocycles. The third kappa shape index (κ3) is 5.00. The van der Waals surface area contributed by atoms with Gasteiger partial charge in [-0.15, -0.1) is 0 Å². The van der Waals surface area contributed by atoms with E-state index in [2.05, 4.69) is 34.7 Å². The maximum absolute atomic E-state index is 12.5. The molecule has 8 nitrogen and oxygen atoms in total. The third-order valence-electron chi connectivity index (χ3n) is 7.45. The van der Waals surface area contributed by atoms with Crippen LogP contribution in [0.5, 0.6) is 0 Å². The topological polar surface area (TPSA) is 104 Å². The number of nitrogens with zero attached hydrogens (tertiary/aromatic N) is 2. The zero-order valence-electron chi connectivity index (χ0n) is 20.6. The standard InChI is InChI=1S/C28H32N4O4/c1-32-12-9-28(10-13-32)24-16-21(7-8-23(24)27(34)36-28)20-5-3-19(4-6-20)15-22(17-29)31-26(33)25-18-30-11-2-14-35-25/h3-8,16,22,25,30H,2,9-15,18H2,1H3,(H,31,33)/t22-,25-/m0/s1. The van der Waals surface area contributed by atoms with Gasteiger partial charge in [-0.05, 0) is 48.8 Å². The average Bonchev–Trinajstić information content (AvgIpc) is 3.05. The molecular formula is C28H32N4O4. The van der Waals surface area contributed by atoms with Crippen LogP contribution >= 0.6 is 0 Å². The van der Waals surface area contributed by atoms with Crippen molar-refractivity contribution >= 4 is 11.9 Å². The van der Waals surface area contributed by atoms with Crippen LogP contribution in [0.15, 0.2) is 42.5 Å². The Labute approximate surface area is 211 Å². The van der Waals surface area contributed by atoms with Gasteiger partial charge in [0.25, 0.3) is 5.91 Å². The Hall–Kier alpha value is -3.25. The van der Waals surface area contributed by atoms with Gasteiger partial charge in [0, 0.05) is 51.1 Å². The summed E-state index contributed by atoms with van der Waals surface area (Å²) in [6, 6.07) is 15.5. The summed E-state index contributed by atoms with van der Waals surface area (Å²) >= 11 is 0. The lowest BCUT2D eigenvalue weighted by atomic mass is 9.82. The second kappa shape index (κ2) is 10.4. The fraction of sp³-hybridized carbons (Fsp3) is 0.464. The van der Waals surface area contributed by atoms with Crippen LogP contribution in [0.3, 0.4) is 0 Å². The zero-order chi connectivity index (χ0) is 25.1. The molecule has 2 saturated heterocycles. The Morgan fingerprint density at radius 1 is 1.22 bits per heavy atom. The quantitative estimate of drug-likeness (QED) is 0.623. The van der Waals surface area contributed by atoms with Crippen molar-refractivity contribution in [2.75, 3.05) is 39.8 Å². The van der Waals surface area contributed by atoms with Gasteiger partial charge >= 0.3 is 5.97 Å². The molecule has 0 aromatic heterocycles. The minimum atomic E-state index is -0.636. The van der Waals surface area contributed by atoms with E-state index in [0.29, 0.717) is 25.1 Å². The Kier molecular flexibility index (Phi) is 7.06. The van der Waals surface area contributed by atoms with Crippen molar-refractivity contribution in [3.8, 4) is 17.2 Å². The number of nitriles is 1. The van der Waals surface area contributed by atoms with Gasteiger partial charge in [0.05, 0.1) is 11.6 Å². The first-order valence-electron chi connectivity index (χ1n) is 12.7. The maximum Gasteiger partial charge on any atom is 0.339 e. The van der Waals surface area contributed by atoms with E-state index in [1.165, 1.54) is 0 Å². The molecule has 2 aromatic rings. The fourth-order valence-corrected chi connectivity index (χ4v) is 5.26. The number of rotatable bonds is 5. The van der Waals surface area contributed by atoms with E-state index in [0.717, 1.165) is 61.2 Å². The summed E-state index contributed by atoms with van der Waals surface area (Å²) in [4.78, 5) is 27.3. The molecule has 188 valence electrons. The van der Waals surface area contributed by atoms with Crippen LogP contribution in [0.4, 0.5) is 0 Å². The lowest BCUT2D eigenvalue weighted by Crippen LogP contribution is -2.46. The number of nitrogens with one attached hydrogen (secondary N) is 2. The van der Waals surface area contributed by atoms with Crippen molar-refractivity contribution in [2.45, 2.75) is 43.4 Å². The minimum absolute atomic E-state index is 0.230. The molecule has 36 heavy (non-hydrogen) atoms. The Bertz CT molecular complexity index is 1160. The third-order valence-corrected chi connectivity index (χ3v) is 7.45. The van der Waals surface area contributed by atoms with Gasteiger partial charge in [0.15, 0.2) is 0 Å². The highest BCUT2D eigenvalue weighted by Crippen LogP contribution is 2.45. The molecule has 0 bridgehead atoms. The highest BCUT2D eigenvalue weighted by atomic mass is 16.6. The number of carbonyl (C=O) groups excluding carboxylic acids is 2. The van der Waals surface area contributed by atoms with Crippen molar-refractivity contribution in [2.24, 2.45) is 0 Å². The van der Waals surface area contributed by atoms with E-state index < -0.39 is 17.7 Å². The molecule has 2 N–H and O–H groups in total. The van der Waals surface area contributed by atoms with E-state index in [4.69, 9.17) is 9.47 Å². The molecule has 0 radical (unpaired) electrons. The molecule has 1 spiro atoms. The van der Waals surface area contributed by atoms with Gasteiger partial charge in [0.1, 0.15) is 17.7 Å². The first-order chi connectivity index (χ1) is 17.5. The van der Waals surface area contributed by atoms with Crippen molar-refractivity contribution in [1.29, 1.82) is 5.26 Å². The number of hydrogen-bond acceptors (Lipinski definition) is 7. The molecule has 1 amide bonds. The van der Waals surface area contributed by atoms with Gasteiger partial charge in [-0.25, -0.2) is 4.79 Å². The molecular weight excluding hydrogens is 456 g/mol. The molecule has 3 heterocycles. The minimum Gasteiger partial charge on any atom is -0.450 e. The van der Waals surface area contributed by atoms with Crippen LogP contribution < -0.4 is 10.6 Å². The number of benzene rings is 2. The van der Waals surface area contributed by atoms with E-state index in [1.807, 2.05) is 36.4 Å². The smallest absolute Gasteiger partial charge is 0.339 e. The second-order valence-electron chi connectivity index (χ2n) is 9.96. The van der Waals surface area contributed by atoms with Gasteiger partial charge in [-0.3, -0.25) is 4.79 Å². The maximum atomic E-state index is 12.5. The fourth-order valence-electron chi connectivity index (χ4n) is 5.26. The largest absolute Gasteiger partial charge is 0.450 e. The van der Waals surface area contributed by atoms with Crippen molar-refractivity contribution in [3.63, 3.8) is 0 Å². The Morgan fingerprint density at radius 2 is 1.97 bits per heavy atom. The summed E-state index contributed by atoms with van der Waals surface area (Å²) in [5, 5.41) is 15.6. The van der Waals surface area contributed by atoms with Crippen LogP contribution in [-0.4, -0.2) is 68.8 Å². The average molecular weight is 489 g/mol. The summed E-state index contributed by atoms with van der Waals surface area (Å²) in [6.45, 7) is 3.60. The van der Waals surface area contributed by atoms with Gasteiger partial charge in [-0.1, -0.05) is 30.3 Å². The van der Waals surface area contributed by atoms with E-state index >= 15 is 0 Å². The number of amides is 1. The molecule has 5 rings (SSSR count). The molecule has 2 aromatic carbocycles. The van der Waals surface area contributed by atoms with Gasteiger partial charge in [-0.2, -0.15) is 5.26 Å². The van der Waals surface area contributed by atoms with Crippen LogP contribution in [0.1, 0.15) is 40.7 Å². The Morgan fingerprint density at radius 3 is 2.72 bits per heavy atom. The van der Waals surface area contributed by atoms with Crippen LogP contribution in [0.2, 0.25) is 0 Å². The lowest BCUT2D eigenvalue weighted by molar-refractivity contribution is -0.132. The first kappa shape index (κ1) is 24.4. The summed E-state index contributed by atoms with van der Waals surface area (Å²) in [6.07, 6.45) is 2.30. The summed E-state index contributed by atoms with van der Waals surface area (Å²) in [5.74, 6) is -0.489. The summed E-state index contributed by atoms with van der Waals surface area (Å²) < 4.78 is 11.5. The number of esters is 1. The molecule has 0 aliphatic carbocycles. The summed E-state index contributed by atoms with van der Waals surface area (Å²) in [7, 11) is 2.09. The molecule has 8 heteroatoms. The number of ether oxygens (including phenoxy) is 2. The number of carbonyl (C=O) groups is 2. The predicted molar refractivity (Wildman–Crippen MR) is 134 cm³/mol. The molecule has 2 atom stereocenters. The molecule has 0 saturated carbocycles. The highest BCUT2D eigenvalue weighted by Gasteiger charge is 2.47. The van der Waals surface area contributed by atoms with Gasteiger partial charge < -0.3 is 25.0 Å². The Balaban J connectivity index is 1.28. The lowest BCUT2D eigenvalue weighted by Gasteiger charge is -2.37. The molecule has 0 unspecified atom stereocenters. The predicted octanol–water partition coefficient (Wildman–Crippen LogP) is 2.37. The van der Waals surface area contributed by atoms with Gasteiger partial charge in [0.2, 0.25) is 0 Å². The monoisotopic (exact) mass is 488 g/mol. The second-order valence-corrected chi connectivity index (χ2v) is 9.96. The van der Waals surface area contributed by atoms with Crippen LogP contribution in [-0.2, 0) is 26.3 Å². The number of hydrogen-bond donors (Lipinski definition) is 2. The molecule has 3 aliphatic rings. The van der Waals surface area contributed by atoms with E-state index in [1.54, 1.807) is 0 Å². The van der Waals surface area contributed by atoms with E-state index in [-0.39, 0.29) is 11.9 Å². The van der Waals surface area contributed by atoms with E-state index in [9.17, 15) is 14.9 Å².